The summed E-state index contributed by atoms with van der Waals surface area (Å²) in [5.41, 5.74) is 2.35. The first-order valence-electron chi connectivity index (χ1n) is 8.38. The van der Waals surface area contributed by atoms with E-state index >= 15 is 0 Å². The molecule has 0 saturated heterocycles. The van der Waals surface area contributed by atoms with E-state index in [4.69, 9.17) is 0 Å². The number of rotatable bonds is 10. The summed E-state index contributed by atoms with van der Waals surface area (Å²) in [6.07, 6.45) is 12.1. The second-order valence-electron chi connectivity index (χ2n) is 6.53. The summed E-state index contributed by atoms with van der Waals surface area (Å²) in [5, 5.41) is 9.49. The van der Waals surface area contributed by atoms with E-state index in [1.54, 1.807) is 0 Å². The third-order valence-corrected chi connectivity index (χ3v) is 4.01. The Morgan fingerprint density at radius 3 is 2.10 bits per heavy atom. The summed E-state index contributed by atoms with van der Waals surface area (Å²) in [7, 11) is 0. The highest BCUT2D eigenvalue weighted by molar-refractivity contribution is 5.34. The molecule has 114 valence electrons. The van der Waals surface area contributed by atoms with Gasteiger partial charge in [0.1, 0.15) is 5.75 Å². The lowest BCUT2D eigenvalue weighted by atomic mass is 10.0. The Bertz CT molecular complexity index is 368. The van der Waals surface area contributed by atoms with Gasteiger partial charge in [-0.2, -0.15) is 0 Å². The van der Waals surface area contributed by atoms with E-state index in [0.29, 0.717) is 5.75 Å². The van der Waals surface area contributed by atoms with Crippen LogP contribution in [0.5, 0.6) is 5.75 Å². The first-order valence-corrected chi connectivity index (χ1v) is 8.38. The lowest BCUT2D eigenvalue weighted by molar-refractivity contribution is 0.470. The highest BCUT2D eigenvalue weighted by atomic mass is 16.3. The average Bonchev–Trinajstić information content (AvgIpc) is 2.40. The molecule has 1 nitrogen and oxygen atoms in total. The Morgan fingerprint density at radius 2 is 1.50 bits per heavy atom. The van der Waals surface area contributed by atoms with Gasteiger partial charge in [0.05, 0.1) is 0 Å². The predicted molar refractivity (Wildman–Crippen MR) is 88.3 cm³/mol. The van der Waals surface area contributed by atoms with E-state index in [2.05, 4.69) is 19.9 Å². The normalized spacial score (nSPS) is 11.2. The van der Waals surface area contributed by atoms with Gasteiger partial charge in [-0.15, -0.1) is 0 Å². The molecule has 20 heavy (non-hydrogen) atoms. The summed E-state index contributed by atoms with van der Waals surface area (Å²) in [6.45, 7) is 6.59. The van der Waals surface area contributed by atoms with Gasteiger partial charge in [0, 0.05) is 0 Å². The third kappa shape index (κ3) is 7.57. The summed E-state index contributed by atoms with van der Waals surface area (Å²) in [6, 6.07) is 5.98. The van der Waals surface area contributed by atoms with Gasteiger partial charge in [-0.3, -0.25) is 0 Å². The molecule has 1 heteroatoms. The molecule has 0 aliphatic rings. The fourth-order valence-electron chi connectivity index (χ4n) is 2.64. The molecule has 1 aromatic rings. The van der Waals surface area contributed by atoms with Crippen molar-refractivity contribution in [3.63, 3.8) is 0 Å². The molecule has 0 radical (unpaired) electrons. The van der Waals surface area contributed by atoms with Gasteiger partial charge in [-0.1, -0.05) is 70.9 Å². The smallest absolute Gasteiger partial charge is 0.118 e. The highest BCUT2D eigenvalue weighted by Crippen LogP contribution is 2.19. The van der Waals surface area contributed by atoms with Gasteiger partial charge in [0.15, 0.2) is 0 Å². The van der Waals surface area contributed by atoms with Crippen LogP contribution in [0, 0.1) is 12.8 Å². The maximum Gasteiger partial charge on any atom is 0.118 e. The summed E-state index contributed by atoms with van der Waals surface area (Å²) in [4.78, 5) is 0. The molecule has 0 aromatic heterocycles. The Hall–Kier alpha value is -0.980. The van der Waals surface area contributed by atoms with Crippen molar-refractivity contribution in [2.75, 3.05) is 0 Å². The average molecular weight is 276 g/mol. The third-order valence-electron chi connectivity index (χ3n) is 4.01. The number of unbranched alkanes of at least 4 members (excludes halogenated alkanes) is 6. The molecule has 0 heterocycles. The van der Waals surface area contributed by atoms with E-state index in [1.807, 2.05) is 19.1 Å². The van der Waals surface area contributed by atoms with Crippen LogP contribution in [-0.4, -0.2) is 5.11 Å². The lowest BCUT2D eigenvalue weighted by Crippen LogP contribution is -1.89. The number of aromatic hydroxyl groups is 1. The van der Waals surface area contributed by atoms with Gasteiger partial charge in [0.25, 0.3) is 0 Å². The topological polar surface area (TPSA) is 20.2 Å². The van der Waals surface area contributed by atoms with Crippen molar-refractivity contribution >= 4 is 0 Å². The van der Waals surface area contributed by atoms with Crippen LogP contribution in [0.4, 0.5) is 0 Å². The Morgan fingerprint density at radius 1 is 0.900 bits per heavy atom. The zero-order valence-corrected chi connectivity index (χ0v) is 13.6. The number of phenolic OH excluding ortho intramolecular Hbond substituents is 1. The molecule has 1 N–H and O–H groups in total. The molecule has 1 rings (SSSR count). The largest absolute Gasteiger partial charge is 0.508 e. The van der Waals surface area contributed by atoms with E-state index < -0.39 is 0 Å². The number of aryl methyl sites for hydroxylation is 2. The van der Waals surface area contributed by atoms with Crippen molar-refractivity contribution in [3.05, 3.63) is 29.3 Å². The fraction of sp³-hybridized carbons (Fsp3) is 0.684. The van der Waals surface area contributed by atoms with Crippen LogP contribution in [-0.2, 0) is 6.42 Å². The monoisotopic (exact) mass is 276 g/mol. The first-order chi connectivity index (χ1) is 9.59. The van der Waals surface area contributed by atoms with Crippen LogP contribution in [0.3, 0.4) is 0 Å². The predicted octanol–water partition coefficient (Wildman–Crippen LogP) is 6.02. The van der Waals surface area contributed by atoms with Gasteiger partial charge < -0.3 is 5.11 Å². The molecule has 1 aromatic carbocycles. The minimum Gasteiger partial charge on any atom is -0.508 e. The molecule has 0 atom stereocenters. The van der Waals surface area contributed by atoms with Crippen molar-refractivity contribution in [1.82, 2.24) is 0 Å². The number of phenols is 1. The molecule has 0 unspecified atom stereocenters. The summed E-state index contributed by atoms with van der Waals surface area (Å²) < 4.78 is 0. The molecule has 0 saturated carbocycles. The maximum absolute atomic E-state index is 9.49. The Labute approximate surface area is 125 Å². The van der Waals surface area contributed by atoms with E-state index in [9.17, 15) is 5.11 Å². The Balaban J connectivity index is 1.98. The molecular formula is C19H32O. The fourth-order valence-corrected chi connectivity index (χ4v) is 2.64. The Kier molecular flexibility index (Phi) is 8.41. The quantitative estimate of drug-likeness (QED) is 0.518. The number of hydrogen-bond acceptors (Lipinski definition) is 1. The zero-order chi connectivity index (χ0) is 14.8. The molecule has 0 bridgehead atoms. The second kappa shape index (κ2) is 9.85. The van der Waals surface area contributed by atoms with Crippen molar-refractivity contribution in [3.8, 4) is 5.75 Å². The molecule has 0 aliphatic carbocycles. The van der Waals surface area contributed by atoms with Gasteiger partial charge in [0.2, 0.25) is 0 Å². The van der Waals surface area contributed by atoms with Crippen molar-refractivity contribution in [2.24, 2.45) is 5.92 Å². The van der Waals surface area contributed by atoms with Crippen LogP contribution >= 0.6 is 0 Å². The lowest BCUT2D eigenvalue weighted by Gasteiger charge is -2.06. The summed E-state index contributed by atoms with van der Waals surface area (Å²) >= 11 is 0. The van der Waals surface area contributed by atoms with Crippen molar-refractivity contribution < 1.29 is 5.11 Å². The van der Waals surface area contributed by atoms with Crippen molar-refractivity contribution in [1.29, 1.82) is 0 Å². The van der Waals surface area contributed by atoms with E-state index in [0.717, 1.165) is 17.9 Å². The van der Waals surface area contributed by atoms with Gasteiger partial charge in [-0.05, 0) is 42.9 Å². The van der Waals surface area contributed by atoms with E-state index in [-0.39, 0.29) is 0 Å². The summed E-state index contributed by atoms with van der Waals surface area (Å²) in [5.74, 6) is 1.28. The van der Waals surface area contributed by atoms with Crippen LogP contribution < -0.4 is 0 Å². The first kappa shape index (κ1) is 17.1. The van der Waals surface area contributed by atoms with Crippen LogP contribution in [0.2, 0.25) is 0 Å². The standard InChI is InChI=1S/C19H32O/c1-16(2)11-9-7-5-4-6-8-10-12-18-13-14-19(20)17(3)15-18/h13-16,20H,4-12H2,1-3H3. The molecule has 0 spiro atoms. The van der Waals surface area contributed by atoms with Gasteiger partial charge >= 0.3 is 0 Å². The molecular weight excluding hydrogens is 244 g/mol. The molecule has 0 aliphatic heterocycles. The zero-order valence-electron chi connectivity index (χ0n) is 13.6. The van der Waals surface area contributed by atoms with Crippen LogP contribution in [0.15, 0.2) is 18.2 Å². The van der Waals surface area contributed by atoms with Crippen LogP contribution in [0.25, 0.3) is 0 Å². The minimum absolute atomic E-state index is 0.412. The maximum atomic E-state index is 9.49. The molecule has 0 fully saturated rings. The number of hydrogen-bond donors (Lipinski definition) is 1. The highest BCUT2D eigenvalue weighted by Gasteiger charge is 1.99. The second-order valence-corrected chi connectivity index (χ2v) is 6.53. The minimum atomic E-state index is 0.412. The van der Waals surface area contributed by atoms with E-state index in [1.165, 1.54) is 56.9 Å². The molecule has 0 amide bonds. The number of benzene rings is 1. The SMILES string of the molecule is Cc1cc(CCCCCCCCCC(C)C)ccc1O. The van der Waals surface area contributed by atoms with Crippen LogP contribution in [0.1, 0.15) is 76.3 Å². The van der Waals surface area contributed by atoms with Gasteiger partial charge in [-0.25, -0.2) is 0 Å². The van der Waals surface area contributed by atoms with Crippen molar-refractivity contribution in [2.45, 2.75) is 78.6 Å².